The summed E-state index contributed by atoms with van der Waals surface area (Å²) in [6.07, 6.45) is 25.9. The van der Waals surface area contributed by atoms with Gasteiger partial charge >= 0.3 is 37.6 Å². The number of hydrogen-bond donors (Lipinski definition) is 2. The molecule has 0 spiro atoms. The molecule has 3 amide bonds. The highest BCUT2D eigenvalue weighted by molar-refractivity contribution is 7.54. The van der Waals surface area contributed by atoms with Crippen molar-refractivity contribution in [1.29, 1.82) is 0 Å². The number of imide groups is 1. The second-order valence-corrected chi connectivity index (χ2v) is 22.0. The molecule has 0 radical (unpaired) electrons. The van der Waals surface area contributed by atoms with Crippen LogP contribution in [-0.4, -0.2) is 172 Å². The maximum absolute atomic E-state index is 11.8. The van der Waals surface area contributed by atoms with Gasteiger partial charge < -0.3 is 38.4 Å². The number of nitrogens with one attached hydrogen (secondary N) is 1. The van der Waals surface area contributed by atoms with Gasteiger partial charge in [-0.1, -0.05) is 32.9 Å². The first-order valence-electron chi connectivity index (χ1n) is 28.7. The first-order chi connectivity index (χ1) is 45.1. The topological polar surface area (TPSA) is 408 Å². The van der Waals surface area contributed by atoms with E-state index in [0.29, 0.717) is 54.3 Å². The number of halogens is 1. The Labute approximate surface area is 554 Å². The fraction of sp³-hybridized carbons (Fsp3) is 0.333. The molecule has 2 aliphatic rings. The van der Waals surface area contributed by atoms with Crippen LogP contribution in [0.5, 0.6) is 0 Å². The first kappa shape index (κ1) is 84.6. The van der Waals surface area contributed by atoms with Gasteiger partial charge in [0.15, 0.2) is 6.29 Å². The lowest BCUT2D eigenvalue weighted by Crippen LogP contribution is -2.37. The number of aldehydes is 1. The summed E-state index contributed by atoms with van der Waals surface area (Å²) in [7, 11) is -3.28. The van der Waals surface area contributed by atoms with Crippen molar-refractivity contribution in [2.45, 2.75) is 87.7 Å². The van der Waals surface area contributed by atoms with Crippen LogP contribution in [0.25, 0.3) is 24.3 Å². The average molecular weight is 1360 g/mol. The fourth-order valence-electron chi connectivity index (χ4n) is 5.49. The maximum Gasteiger partial charge on any atom is 0.516 e. The number of aromatic nitrogens is 10. The third-order valence-corrected chi connectivity index (χ3v) is 12.1. The van der Waals surface area contributed by atoms with Crippen LogP contribution in [0.3, 0.4) is 0 Å². The normalized spacial score (nSPS) is 12.1. The van der Waals surface area contributed by atoms with Crippen molar-refractivity contribution in [1.82, 2.24) is 61.2 Å². The van der Waals surface area contributed by atoms with Crippen molar-refractivity contribution in [3.05, 3.63) is 169 Å². The molecule has 0 saturated carbocycles. The number of carboxylic acids is 1. The number of nitrogens with zero attached hydrogens (tertiary/aromatic N) is 11. The molecule has 5 aromatic heterocycles. The fourth-order valence-corrected chi connectivity index (χ4v) is 6.95. The van der Waals surface area contributed by atoms with Crippen LogP contribution < -0.4 is 5.32 Å². The molecule has 7 rings (SSSR count). The van der Waals surface area contributed by atoms with Crippen molar-refractivity contribution < 1.29 is 85.6 Å². The Morgan fingerprint density at radius 1 is 0.600 bits per heavy atom. The van der Waals surface area contributed by atoms with Crippen LogP contribution in [0.2, 0.25) is 0 Å². The molecule has 0 unspecified atom stereocenters. The lowest BCUT2D eigenvalue weighted by atomic mass is 10.00. The van der Waals surface area contributed by atoms with E-state index < -0.39 is 37.3 Å². The van der Waals surface area contributed by atoms with Gasteiger partial charge in [-0.05, 0) is 170 Å². The monoisotopic (exact) mass is 1360 g/mol. The molecular weight excluding hydrogens is 1280 g/mol. The van der Waals surface area contributed by atoms with E-state index in [4.69, 9.17) is 30.5 Å². The molecule has 0 aliphatic carbocycles. The van der Waals surface area contributed by atoms with Crippen molar-refractivity contribution in [2.75, 3.05) is 45.7 Å². The van der Waals surface area contributed by atoms with Crippen molar-refractivity contribution in [3.63, 3.8) is 0 Å². The molecule has 5 aromatic rings. The lowest BCUT2D eigenvalue weighted by molar-refractivity contribution is -0.141. The smallest absolute Gasteiger partial charge is 0.478 e. The van der Waals surface area contributed by atoms with Gasteiger partial charge in [-0.3, -0.25) is 38.2 Å². The molecular formula is C63H78ClN12O18P. The Balaban J connectivity index is 0.00000108. The SMILES string of the molecule is CC(C)(C)C(=O)Cl.CC(C)(C)OC(=O)OC(=O)/C=C/c1cccnn1.CCOC(=O)/C=C/c1cccnn1.CCOC(=O)CP(=O)(OCC)OCC.O=C(O)/C=C/c1cccnn1.O=C1C=CCCN1.O=C1C=CCCN1C(=O)/C=C/c1cccnn1.O=Cc1cccnn1. The van der Waals surface area contributed by atoms with Crippen LogP contribution >= 0.6 is 19.2 Å². The summed E-state index contributed by atoms with van der Waals surface area (Å²) in [5.74, 6) is -3.31. The van der Waals surface area contributed by atoms with Gasteiger partial charge in [0, 0.05) is 73.8 Å². The predicted octanol–water partition coefficient (Wildman–Crippen LogP) is 8.37. The molecule has 0 aromatic carbocycles. The predicted molar refractivity (Wildman–Crippen MR) is 348 cm³/mol. The van der Waals surface area contributed by atoms with Crippen LogP contribution in [0.4, 0.5) is 4.79 Å². The molecule has 0 saturated heterocycles. The Bertz CT molecular complexity index is 3350. The number of hydrogen-bond acceptors (Lipinski definition) is 27. The highest BCUT2D eigenvalue weighted by Crippen LogP contribution is 2.47. The number of carbonyl (C=O) groups excluding carboxylic acids is 9. The van der Waals surface area contributed by atoms with Gasteiger partial charge in [-0.25, -0.2) is 19.2 Å². The maximum atomic E-state index is 11.8. The Morgan fingerprint density at radius 3 is 1.35 bits per heavy atom. The summed E-state index contributed by atoms with van der Waals surface area (Å²) in [6, 6.07) is 16.9. The minimum absolute atomic E-state index is 0.0336. The number of carboxylic acid groups (broad SMARTS) is 1. The summed E-state index contributed by atoms with van der Waals surface area (Å²) < 4.78 is 40.2. The number of aliphatic carboxylic acids is 1. The molecule has 0 fully saturated rings. The van der Waals surface area contributed by atoms with Gasteiger partial charge in [0.1, 0.15) is 17.5 Å². The zero-order chi connectivity index (χ0) is 71.3. The molecule has 2 N–H and O–H groups in total. The van der Waals surface area contributed by atoms with Crippen LogP contribution in [0.15, 0.2) is 140 Å². The van der Waals surface area contributed by atoms with E-state index in [1.807, 2.05) is 6.08 Å². The minimum Gasteiger partial charge on any atom is -0.478 e. The van der Waals surface area contributed by atoms with E-state index in [1.54, 1.807) is 167 Å². The second-order valence-electron chi connectivity index (χ2n) is 19.6. The van der Waals surface area contributed by atoms with Gasteiger partial charge in [-0.15, -0.1) is 5.10 Å². The standard InChI is InChI=1S/C12H11N3O2.C12H14N2O4.C9H10N2O2.C8H17O5P.C7H6N2O2.C5H9ClO.C5H4N2O.C5H7NO/c16-11-5-1-2-9-15(11)12(17)7-6-10-4-3-8-13-14-10;1-12(2,3)18-11(16)17-10(15)7-6-9-5-4-8-13-14-9;1-2-13-9(12)6-5-8-4-3-7-10-11-8;1-4-11-8(9)7-14(10,12-5-2)13-6-3;10-7(11)4-3-6-2-1-5-8-9-6;1-5(2,3)4(6)7;8-4-5-2-1-3-6-7-5;7-5-3-1-2-4-6-5/h1,3-8H,2,9H2;4-8H,1-3H3;3-7H,2H2,1H3;4-7H2,1-3H3;1-5H,(H,10,11);1-3H3;1-4H;1,3H,2,4H2,(H,6,7)/b2*7-6+;6-5+;;4-3+;;;. The van der Waals surface area contributed by atoms with Gasteiger partial charge in [0.2, 0.25) is 11.1 Å². The molecule has 2 aliphatic heterocycles. The van der Waals surface area contributed by atoms with E-state index in [1.165, 1.54) is 53.9 Å². The van der Waals surface area contributed by atoms with E-state index >= 15 is 0 Å². The summed E-state index contributed by atoms with van der Waals surface area (Å²) in [5, 5.41) is 47.1. The van der Waals surface area contributed by atoms with Crippen LogP contribution in [0, 0.1) is 5.41 Å². The third kappa shape index (κ3) is 47.2. The number of esters is 3. The lowest BCUT2D eigenvalue weighted by Gasteiger charge is -2.19. The summed E-state index contributed by atoms with van der Waals surface area (Å²) in [6.45, 7) is 19.6. The van der Waals surface area contributed by atoms with Crippen molar-refractivity contribution in [3.8, 4) is 0 Å². The molecule has 7 heterocycles. The van der Waals surface area contributed by atoms with Gasteiger partial charge in [-0.2, -0.15) is 45.9 Å². The van der Waals surface area contributed by atoms with Crippen molar-refractivity contribution in [2.24, 2.45) is 5.41 Å². The first-order valence-corrected chi connectivity index (χ1v) is 30.8. The highest BCUT2D eigenvalue weighted by Gasteiger charge is 2.28. The highest BCUT2D eigenvalue weighted by atomic mass is 35.5. The number of rotatable bonds is 17. The molecule has 30 nitrogen and oxygen atoms in total. The molecule has 0 bridgehead atoms. The number of amides is 3. The van der Waals surface area contributed by atoms with Crippen molar-refractivity contribution >= 4 is 103 Å². The average Bonchev–Trinajstić information content (AvgIpc) is 1.49. The zero-order valence-corrected chi connectivity index (χ0v) is 55.8. The third-order valence-electron chi connectivity index (χ3n) is 9.58. The van der Waals surface area contributed by atoms with E-state index in [0.717, 1.165) is 25.1 Å². The van der Waals surface area contributed by atoms with Crippen LogP contribution in [0.1, 0.15) is 115 Å². The quantitative estimate of drug-likeness (QED) is 0.0168. The van der Waals surface area contributed by atoms with E-state index in [-0.39, 0.29) is 60.3 Å². The Hall–Kier alpha value is -10.4. The summed E-state index contributed by atoms with van der Waals surface area (Å²) in [4.78, 5) is 109. The van der Waals surface area contributed by atoms with Gasteiger partial charge in [0.05, 0.1) is 49.2 Å². The Morgan fingerprint density at radius 2 is 1.02 bits per heavy atom. The number of ether oxygens (including phenoxy) is 4. The molecule has 95 heavy (non-hydrogen) atoms. The van der Waals surface area contributed by atoms with Gasteiger partial charge in [0.25, 0.3) is 11.8 Å². The van der Waals surface area contributed by atoms with E-state index in [2.05, 4.69) is 70.5 Å². The molecule has 510 valence electrons. The van der Waals surface area contributed by atoms with Crippen LogP contribution in [-0.2, 0) is 70.9 Å². The largest absolute Gasteiger partial charge is 0.516 e. The minimum atomic E-state index is -3.28. The Kier molecular flexibility index (Phi) is 44.7. The summed E-state index contributed by atoms with van der Waals surface area (Å²) >= 11 is 5.11. The van der Waals surface area contributed by atoms with E-state index in [9.17, 15) is 52.5 Å². The summed E-state index contributed by atoms with van der Waals surface area (Å²) in [5.41, 5.74) is 1.53. The number of carbonyl (C=O) groups is 10. The molecule has 32 heteroatoms. The zero-order valence-electron chi connectivity index (χ0n) is 54.2. The molecule has 0 atom stereocenters. The second kappa shape index (κ2) is 50.2.